The number of phosphoric acid groups is 1. The standard InChI is InChI=1S/C18H35O9P/c1-10(2)22-8-15-14(7-12(5)25-15)27-28(20,21)23-9-16-18(24-11(3)4)17(19)13(6)26-16/h10-19H,7-9H2,1-6H3,(H,20,21)/t12-,13-,14+,15+,16+,17?,18?/m0/s1. The van der Waals surface area contributed by atoms with Gasteiger partial charge in [0.05, 0.1) is 37.6 Å². The Labute approximate surface area is 167 Å². The summed E-state index contributed by atoms with van der Waals surface area (Å²) >= 11 is 0. The van der Waals surface area contributed by atoms with Crippen LogP contribution in [0.3, 0.4) is 0 Å². The van der Waals surface area contributed by atoms with E-state index in [1.54, 1.807) is 6.92 Å². The molecule has 3 unspecified atom stereocenters. The lowest BCUT2D eigenvalue weighted by Crippen LogP contribution is -2.38. The smallest absolute Gasteiger partial charge is 0.388 e. The second kappa shape index (κ2) is 10.3. The highest BCUT2D eigenvalue weighted by Gasteiger charge is 2.45. The van der Waals surface area contributed by atoms with Gasteiger partial charge in [-0.15, -0.1) is 0 Å². The number of hydrogen-bond acceptors (Lipinski definition) is 8. The average Bonchev–Trinajstić information content (AvgIpc) is 3.04. The van der Waals surface area contributed by atoms with E-state index in [4.69, 9.17) is 28.0 Å². The molecule has 0 saturated carbocycles. The number of aliphatic hydroxyl groups excluding tert-OH is 1. The molecule has 0 spiro atoms. The summed E-state index contributed by atoms with van der Waals surface area (Å²) in [6.45, 7) is 11.1. The highest BCUT2D eigenvalue weighted by molar-refractivity contribution is 7.47. The first-order chi connectivity index (χ1) is 13.0. The van der Waals surface area contributed by atoms with E-state index in [1.807, 2.05) is 34.6 Å². The minimum absolute atomic E-state index is 0.0168. The van der Waals surface area contributed by atoms with Gasteiger partial charge in [0.2, 0.25) is 0 Å². The summed E-state index contributed by atoms with van der Waals surface area (Å²) in [4.78, 5) is 10.2. The molecule has 0 aromatic rings. The van der Waals surface area contributed by atoms with E-state index in [-0.39, 0.29) is 31.5 Å². The molecule has 0 bridgehead atoms. The zero-order valence-corrected chi connectivity index (χ0v) is 18.4. The maximum absolute atomic E-state index is 12.5. The number of aliphatic hydroxyl groups is 1. The summed E-state index contributed by atoms with van der Waals surface area (Å²) in [5.74, 6) is 0. The van der Waals surface area contributed by atoms with Crippen LogP contribution >= 0.6 is 7.82 Å². The Hall–Kier alpha value is -0.0900. The summed E-state index contributed by atoms with van der Waals surface area (Å²) < 4.78 is 45.6. The van der Waals surface area contributed by atoms with Crippen LogP contribution in [0, 0.1) is 0 Å². The van der Waals surface area contributed by atoms with E-state index in [0.717, 1.165) is 0 Å². The molecule has 0 aliphatic carbocycles. The Morgan fingerprint density at radius 3 is 2.36 bits per heavy atom. The zero-order chi connectivity index (χ0) is 21.1. The maximum Gasteiger partial charge on any atom is 0.472 e. The summed E-state index contributed by atoms with van der Waals surface area (Å²) in [5.41, 5.74) is 0. The monoisotopic (exact) mass is 426 g/mol. The van der Waals surface area contributed by atoms with Crippen LogP contribution in [0.5, 0.6) is 0 Å². The van der Waals surface area contributed by atoms with Gasteiger partial charge in [0.25, 0.3) is 0 Å². The molecule has 0 aromatic carbocycles. The van der Waals surface area contributed by atoms with Gasteiger partial charge in [-0.3, -0.25) is 9.05 Å². The van der Waals surface area contributed by atoms with Crippen molar-refractivity contribution in [1.82, 2.24) is 0 Å². The number of ether oxygens (including phenoxy) is 4. The third-order valence-corrected chi connectivity index (χ3v) is 5.67. The van der Waals surface area contributed by atoms with Gasteiger partial charge >= 0.3 is 7.82 Å². The summed E-state index contributed by atoms with van der Waals surface area (Å²) in [6.07, 6.45) is -3.42. The normalized spacial score (nSPS) is 38.4. The molecular formula is C18H35O9P. The quantitative estimate of drug-likeness (QED) is 0.507. The molecule has 28 heavy (non-hydrogen) atoms. The Bertz CT molecular complexity index is 529. The van der Waals surface area contributed by atoms with Crippen LogP contribution in [-0.4, -0.2) is 78.1 Å². The molecule has 0 aromatic heterocycles. The first kappa shape index (κ1) is 24.2. The van der Waals surface area contributed by atoms with Crippen LogP contribution in [0.25, 0.3) is 0 Å². The molecule has 10 heteroatoms. The van der Waals surface area contributed by atoms with Crippen molar-refractivity contribution < 1.29 is 42.6 Å². The molecule has 2 aliphatic rings. The number of phosphoric ester groups is 1. The van der Waals surface area contributed by atoms with Crippen molar-refractivity contribution in [3.63, 3.8) is 0 Å². The fourth-order valence-electron chi connectivity index (χ4n) is 3.37. The fourth-order valence-corrected chi connectivity index (χ4v) is 4.33. The van der Waals surface area contributed by atoms with Crippen LogP contribution < -0.4 is 0 Å². The van der Waals surface area contributed by atoms with Gasteiger partial charge in [-0.2, -0.15) is 0 Å². The van der Waals surface area contributed by atoms with E-state index < -0.39 is 44.4 Å². The van der Waals surface area contributed by atoms with Gasteiger partial charge in [0.15, 0.2) is 0 Å². The van der Waals surface area contributed by atoms with Gasteiger partial charge in [-0.25, -0.2) is 4.57 Å². The Morgan fingerprint density at radius 2 is 1.75 bits per heavy atom. The van der Waals surface area contributed by atoms with E-state index in [0.29, 0.717) is 6.42 Å². The fraction of sp³-hybridized carbons (Fsp3) is 1.00. The predicted molar refractivity (Wildman–Crippen MR) is 101 cm³/mol. The highest BCUT2D eigenvalue weighted by atomic mass is 31.2. The molecule has 2 heterocycles. The first-order valence-corrected chi connectivity index (χ1v) is 11.4. The van der Waals surface area contributed by atoms with Crippen molar-refractivity contribution in [2.45, 2.75) is 103 Å². The summed E-state index contributed by atoms with van der Waals surface area (Å²) in [6, 6.07) is 0. The molecule has 2 aliphatic heterocycles. The molecule has 2 fully saturated rings. The van der Waals surface area contributed by atoms with Gasteiger partial charge in [-0.1, -0.05) is 0 Å². The average molecular weight is 426 g/mol. The van der Waals surface area contributed by atoms with Crippen LogP contribution in [0.15, 0.2) is 0 Å². The molecule has 2 saturated heterocycles. The van der Waals surface area contributed by atoms with E-state index >= 15 is 0 Å². The minimum atomic E-state index is -4.36. The van der Waals surface area contributed by atoms with Gasteiger partial charge in [0.1, 0.15) is 30.5 Å². The molecule has 8 atom stereocenters. The third kappa shape index (κ3) is 7.00. The maximum atomic E-state index is 12.5. The van der Waals surface area contributed by atoms with E-state index in [2.05, 4.69) is 0 Å². The van der Waals surface area contributed by atoms with Crippen molar-refractivity contribution in [3.8, 4) is 0 Å². The van der Waals surface area contributed by atoms with Crippen LogP contribution in [0.1, 0.15) is 48.0 Å². The predicted octanol–water partition coefficient (Wildman–Crippen LogP) is 2.03. The van der Waals surface area contributed by atoms with Crippen LogP contribution in [-0.2, 0) is 32.6 Å². The molecule has 166 valence electrons. The largest absolute Gasteiger partial charge is 0.472 e. The number of hydrogen-bond donors (Lipinski definition) is 2. The van der Waals surface area contributed by atoms with Gasteiger partial charge in [0, 0.05) is 6.42 Å². The summed E-state index contributed by atoms with van der Waals surface area (Å²) in [5, 5.41) is 10.2. The second-order valence-corrected chi connectivity index (χ2v) is 9.44. The topological polar surface area (TPSA) is 113 Å². The van der Waals surface area contributed by atoms with E-state index in [9.17, 15) is 14.6 Å². The first-order valence-electron chi connectivity index (χ1n) is 9.90. The lowest BCUT2D eigenvalue weighted by Gasteiger charge is -2.25. The molecule has 9 nitrogen and oxygen atoms in total. The number of rotatable bonds is 10. The SMILES string of the molecule is CC(C)OC[C@H]1O[C@@H](C)C[C@H]1OP(=O)(O)OC[C@H]1O[C@@H](C)C(O)C1OC(C)C. The Morgan fingerprint density at radius 1 is 1.07 bits per heavy atom. The highest BCUT2D eigenvalue weighted by Crippen LogP contribution is 2.48. The Balaban J connectivity index is 1.90. The van der Waals surface area contributed by atoms with E-state index in [1.165, 1.54) is 0 Å². The molecule has 2 N–H and O–H groups in total. The van der Waals surface area contributed by atoms with Gasteiger partial charge in [-0.05, 0) is 41.5 Å². The van der Waals surface area contributed by atoms with Crippen molar-refractivity contribution >= 4 is 7.82 Å². The van der Waals surface area contributed by atoms with Crippen molar-refractivity contribution in [2.24, 2.45) is 0 Å². The molecule has 0 amide bonds. The van der Waals surface area contributed by atoms with Crippen LogP contribution in [0.2, 0.25) is 0 Å². The van der Waals surface area contributed by atoms with Gasteiger partial charge < -0.3 is 28.9 Å². The third-order valence-electron chi connectivity index (χ3n) is 4.65. The lowest BCUT2D eigenvalue weighted by atomic mass is 10.1. The summed E-state index contributed by atoms with van der Waals surface area (Å²) in [7, 11) is -4.36. The molecule has 0 radical (unpaired) electrons. The van der Waals surface area contributed by atoms with Crippen molar-refractivity contribution in [1.29, 1.82) is 0 Å². The minimum Gasteiger partial charge on any atom is -0.388 e. The second-order valence-electron chi connectivity index (χ2n) is 8.03. The molecule has 2 rings (SSSR count). The lowest BCUT2D eigenvalue weighted by molar-refractivity contribution is -0.0804. The van der Waals surface area contributed by atoms with Crippen LogP contribution in [0.4, 0.5) is 0 Å². The van der Waals surface area contributed by atoms with Crippen molar-refractivity contribution in [2.75, 3.05) is 13.2 Å². The molecular weight excluding hydrogens is 391 g/mol. The Kier molecular flexibility index (Phi) is 8.88. The van der Waals surface area contributed by atoms with Crippen molar-refractivity contribution in [3.05, 3.63) is 0 Å². The zero-order valence-electron chi connectivity index (χ0n) is 17.5.